The number of hydrazone groups is 1. The van der Waals surface area contributed by atoms with Gasteiger partial charge in [-0.25, -0.2) is 10.2 Å². The van der Waals surface area contributed by atoms with E-state index in [1.165, 1.54) is 6.21 Å². The number of nitrogens with zero attached hydrogens (tertiary/aromatic N) is 1. The first kappa shape index (κ1) is 28.2. The van der Waals surface area contributed by atoms with Crippen molar-refractivity contribution in [3.8, 4) is 17.2 Å². The van der Waals surface area contributed by atoms with E-state index in [9.17, 15) is 9.59 Å². The Bertz CT molecular complexity index is 1450. The zero-order valence-corrected chi connectivity index (χ0v) is 23.5. The molecule has 0 bridgehead atoms. The molecule has 0 aliphatic heterocycles. The zero-order chi connectivity index (χ0) is 27.8. The van der Waals surface area contributed by atoms with Gasteiger partial charge in [-0.15, -0.1) is 0 Å². The molecule has 4 rings (SSSR count). The molecule has 0 fully saturated rings. The van der Waals surface area contributed by atoms with Gasteiger partial charge in [0.25, 0.3) is 0 Å². The molecule has 0 aliphatic rings. The second-order valence-electron chi connectivity index (χ2n) is 8.10. The molecule has 0 aliphatic carbocycles. The average Bonchev–Trinajstić information content (AvgIpc) is 2.92. The molecule has 4 aromatic carbocycles. The summed E-state index contributed by atoms with van der Waals surface area (Å²) in [7, 11) is 0. The maximum atomic E-state index is 13.0. The largest absolute Gasteiger partial charge is 0.446 e. The summed E-state index contributed by atoms with van der Waals surface area (Å²) in [4.78, 5) is 25.7. The molecular weight excluding hydrogens is 607 g/mol. The number of hydrogen-bond acceptors (Lipinski definition) is 6. The molecule has 1 N–H and O–H groups in total. The smallest absolute Gasteiger partial charge is 0.343 e. The SMILES string of the molecule is Cc1ccccc1C(=O)Oc1ccc(Br)cc1/C=N/NC(=O)C(Oc1ccc(Cl)cc1)Oc1ccc(Cl)cc1. The van der Waals surface area contributed by atoms with E-state index in [1.807, 2.05) is 19.1 Å². The summed E-state index contributed by atoms with van der Waals surface area (Å²) in [6, 6.07) is 25.1. The Morgan fingerprint density at radius 1 is 0.872 bits per heavy atom. The van der Waals surface area contributed by atoms with Gasteiger partial charge in [-0.05, 0) is 85.3 Å². The van der Waals surface area contributed by atoms with Crippen molar-refractivity contribution in [1.82, 2.24) is 5.43 Å². The Balaban J connectivity index is 1.50. The van der Waals surface area contributed by atoms with E-state index in [0.717, 1.165) is 10.0 Å². The van der Waals surface area contributed by atoms with E-state index in [0.29, 0.717) is 32.7 Å². The molecule has 0 radical (unpaired) electrons. The van der Waals surface area contributed by atoms with Gasteiger partial charge in [-0.3, -0.25) is 4.79 Å². The van der Waals surface area contributed by atoms with Gasteiger partial charge in [0, 0.05) is 20.1 Å². The summed E-state index contributed by atoms with van der Waals surface area (Å²) >= 11 is 15.3. The molecule has 39 heavy (non-hydrogen) atoms. The van der Waals surface area contributed by atoms with Crippen LogP contribution < -0.4 is 19.6 Å². The number of benzene rings is 4. The fourth-order valence-corrected chi connectivity index (χ4v) is 3.92. The molecule has 0 saturated carbocycles. The van der Waals surface area contributed by atoms with Crippen LogP contribution in [0.25, 0.3) is 0 Å². The molecule has 1 amide bonds. The van der Waals surface area contributed by atoms with Gasteiger partial charge in [0.1, 0.15) is 17.2 Å². The van der Waals surface area contributed by atoms with Crippen LogP contribution in [-0.4, -0.2) is 24.4 Å². The number of carbonyl (C=O) groups is 2. The van der Waals surface area contributed by atoms with Gasteiger partial charge in [-0.2, -0.15) is 5.10 Å². The lowest BCUT2D eigenvalue weighted by molar-refractivity contribution is -0.140. The van der Waals surface area contributed by atoms with Crippen LogP contribution in [0.4, 0.5) is 0 Å². The van der Waals surface area contributed by atoms with Crippen LogP contribution in [0.3, 0.4) is 0 Å². The first-order chi connectivity index (χ1) is 18.8. The fraction of sp³-hybridized carbons (Fsp3) is 0.0690. The Kier molecular flexibility index (Phi) is 9.59. The van der Waals surface area contributed by atoms with E-state index in [4.69, 9.17) is 37.4 Å². The van der Waals surface area contributed by atoms with Crippen molar-refractivity contribution in [1.29, 1.82) is 0 Å². The van der Waals surface area contributed by atoms with Crippen LogP contribution >= 0.6 is 39.1 Å². The quantitative estimate of drug-likeness (QED) is 0.0696. The third-order valence-corrected chi connectivity index (χ3v) is 6.24. The van der Waals surface area contributed by atoms with E-state index in [-0.39, 0.29) is 5.75 Å². The van der Waals surface area contributed by atoms with E-state index < -0.39 is 18.2 Å². The molecule has 0 heterocycles. The van der Waals surface area contributed by atoms with Crippen LogP contribution in [0, 0.1) is 6.92 Å². The van der Waals surface area contributed by atoms with Crippen molar-refractivity contribution >= 4 is 57.2 Å². The van der Waals surface area contributed by atoms with Crippen molar-refractivity contribution < 1.29 is 23.8 Å². The Morgan fingerprint density at radius 2 is 1.46 bits per heavy atom. The lowest BCUT2D eigenvalue weighted by Crippen LogP contribution is -2.40. The van der Waals surface area contributed by atoms with Gasteiger partial charge in [0.2, 0.25) is 0 Å². The van der Waals surface area contributed by atoms with Crippen molar-refractivity contribution in [2.75, 3.05) is 0 Å². The van der Waals surface area contributed by atoms with Crippen LogP contribution in [0.2, 0.25) is 10.0 Å². The van der Waals surface area contributed by atoms with Gasteiger partial charge in [-0.1, -0.05) is 57.3 Å². The maximum absolute atomic E-state index is 13.0. The van der Waals surface area contributed by atoms with Gasteiger partial charge in [0.15, 0.2) is 0 Å². The first-order valence-corrected chi connectivity index (χ1v) is 13.1. The van der Waals surface area contributed by atoms with E-state index >= 15 is 0 Å². The summed E-state index contributed by atoms with van der Waals surface area (Å²) in [5.74, 6) is -0.230. The summed E-state index contributed by atoms with van der Waals surface area (Å²) in [5.41, 5.74) is 4.08. The van der Waals surface area contributed by atoms with E-state index in [1.54, 1.807) is 78.9 Å². The highest BCUT2D eigenvalue weighted by molar-refractivity contribution is 9.10. The van der Waals surface area contributed by atoms with Crippen LogP contribution in [0.1, 0.15) is 21.5 Å². The lowest BCUT2D eigenvalue weighted by Gasteiger charge is -2.19. The molecule has 0 unspecified atom stereocenters. The highest BCUT2D eigenvalue weighted by Gasteiger charge is 2.23. The van der Waals surface area contributed by atoms with E-state index in [2.05, 4.69) is 26.5 Å². The molecule has 0 aromatic heterocycles. The van der Waals surface area contributed by atoms with Gasteiger partial charge >= 0.3 is 18.2 Å². The monoisotopic (exact) mass is 626 g/mol. The Labute approximate surface area is 243 Å². The number of esters is 1. The van der Waals surface area contributed by atoms with Gasteiger partial charge in [0.05, 0.1) is 11.8 Å². The van der Waals surface area contributed by atoms with Crippen molar-refractivity contribution in [2.45, 2.75) is 13.2 Å². The summed E-state index contributed by atoms with van der Waals surface area (Å²) in [6.45, 7) is 1.82. The normalized spacial score (nSPS) is 10.9. The summed E-state index contributed by atoms with van der Waals surface area (Å²) in [6.07, 6.45) is -0.0459. The van der Waals surface area contributed by atoms with Gasteiger partial charge < -0.3 is 14.2 Å². The van der Waals surface area contributed by atoms with Crippen molar-refractivity contribution in [2.24, 2.45) is 5.10 Å². The van der Waals surface area contributed by atoms with Crippen LogP contribution in [0.15, 0.2) is 101 Å². The highest BCUT2D eigenvalue weighted by atomic mass is 79.9. The minimum Gasteiger partial charge on any atom is -0.446 e. The summed E-state index contributed by atoms with van der Waals surface area (Å²) in [5, 5.41) is 5.06. The number of aryl methyl sites for hydroxylation is 1. The second-order valence-corrected chi connectivity index (χ2v) is 9.88. The standard InChI is InChI=1S/C29H21BrCl2N2O5/c1-18-4-2-3-5-25(18)28(36)39-26-15-6-20(30)16-19(26)17-33-34-27(35)29(37-23-11-7-21(31)8-12-23)38-24-13-9-22(32)10-14-24/h2-17,29H,1H3,(H,34,35)/b33-17+. The molecule has 0 spiro atoms. The van der Waals surface area contributed by atoms with Crippen LogP contribution in [-0.2, 0) is 4.79 Å². The topological polar surface area (TPSA) is 86.2 Å². The molecule has 4 aromatic rings. The third-order valence-electron chi connectivity index (χ3n) is 5.25. The number of hydrogen-bond donors (Lipinski definition) is 1. The van der Waals surface area contributed by atoms with Crippen LogP contribution in [0.5, 0.6) is 17.2 Å². The predicted octanol–water partition coefficient (Wildman–Crippen LogP) is 7.22. The minimum absolute atomic E-state index is 0.260. The second kappa shape index (κ2) is 13.3. The molecule has 10 heteroatoms. The average molecular weight is 628 g/mol. The minimum atomic E-state index is -1.40. The predicted molar refractivity (Wildman–Crippen MR) is 154 cm³/mol. The fourth-order valence-electron chi connectivity index (χ4n) is 3.29. The molecule has 0 atom stereocenters. The zero-order valence-electron chi connectivity index (χ0n) is 20.4. The van der Waals surface area contributed by atoms with Crippen molar-refractivity contribution in [3.05, 3.63) is 122 Å². The Morgan fingerprint density at radius 3 is 2.05 bits per heavy atom. The third kappa shape index (κ3) is 8.07. The number of ether oxygens (including phenoxy) is 3. The first-order valence-electron chi connectivity index (χ1n) is 11.5. The van der Waals surface area contributed by atoms with Crippen molar-refractivity contribution in [3.63, 3.8) is 0 Å². The number of nitrogens with one attached hydrogen (secondary N) is 1. The molecule has 7 nitrogen and oxygen atoms in total. The highest BCUT2D eigenvalue weighted by Crippen LogP contribution is 2.24. The number of amides is 1. The number of halogens is 3. The molecule has 0 saturated heterocycles. The Hall–Kier alpha value is -3.85. The maximum Gasteiger partial charge on any atom is 0.343 e. The molecular formula is C29H21BrCl2N2O5. The number of carbonyl (C=O) groups excluding carboxylic acids is 2. The lowest BCUT2D eigenvalue weighted by atomic mass is 10.1. The number of rotatable bonds is 9. The summed E-state index contributed by atoms with van der Waals surface area (Å²) < 4.78 is 17.8. The molecule has 198 valence electrons.